The van der Waals surface area contributed by atoms with Crippen LogP contribution in [0.15, 0.2) is 0 Å². The van der Waals surface area contributed by atoms with Crippen LogP contribution in [-0.4, -0.2) is 12.6 Å². The van der Waals surface area contributed by atoms with E-state index in [1.54, 1.807) is 0 Å². The highest BCUT2D eigenvalue weighted by Gasteiger charge is 2.64. The highest BCUT2D eigenvalue weighted by Crippen LogP contribution is 2.66. The van der Waals surface area contributed by atoms with E-state index >= 15 is 0 Å². The Hall–Kier alpha value is -0.530. The average Bonchev–Trinajstić information content (AvgIpc) is 2.90. The molecule has 0 saturated heterocycles. The summed E-state index contributed by atoms with van der Waals surface area (Å²) in [5.74, 6) is 2.32. The maximum absolute atomic E-state index is 12.2. The second-order valence-electron chi connectivity index (χ2n) is 5.53. The molecule has 0 spiro atoms. The molecule has 2 heteroatoms. The molecule has 84 valence electrons. The Kier molecular flexibility index (Phi) is 2.08. The van der Waals surface area contributed by atoms with Gasteiger partial charge in [0.15, 0.2) is 0 Å². The van der Waals surface area contributed by atoms with Crippen LogP contribution in [0.1, 0.15) is 45.4 Å². The summed E-state index contributed by atoms with van der Waals surface area (Å²) < 4.78 is 5.34. The van der Waals surface area contributed by atoms with Gasteiger partial charge >= 0.3 is 5.97 Å². The summed E-state index contributed by atoms with van der Waals surface area (Å²) in [6, 6.07) is 0. The molecular weight excluding hydrogens is 188 g/mol. The summed E-state index contributed by atoms with van der Waals surface area (Å²) >= 11 is 0. The van der Waals surface area contributed by atoms with Crippen molar-refractivity contribution < 1.29 is 9.53 Å². The summed E-state index contributed by atoms with van der Waals surface area (Å²) in [4.78, 5) is 12.2. The normalized spacial score (nSPS) is 46.9. The summed E-state index contributed by atoms with van der Waals surface area (Å²) in [5.41, 5.74) is -0.0288. The first-order chi connectivity index (χ1) is 7.29. The van der Waals surface area contributed by atoms with Gasteiger partial charge in [-0.15, -0.1) is 0 Å². The van der Waals surface area contributed by atoms with E-state index in [1.165, 1.54) is 32.1 Å². The van der Waals surface area contributed by atoms with Crippen LogP contribution in [-0.2, 0) is 9.53 Å². The van der Waals surface area contributed by atoms with Gasteiger partial charge in [-0.3, -0.25) is 4.79 Å². The zero-order chi connectivity index (χ0) is 10.5. The number of carbonyl (C=O) groups excluding carboxylic acids is 1. The monoisotopic (exact) mass is 208 g/mol. The predicted molar refractivity (Wildman–Crippen MR) is 57.2 cm³/mol. The number of esters is 1. The SMILES string of the molecule is CCOC(=O)[C@@]12CCC[C@@H]1[C@H]1CC[C@@H]2C1. The van der Waals surface area contributed by atoms with Crippen molar-refractivity contribution in [2.24, 2.45) is 23.2 Å². The van der Waals surface area contributed by atoms with Crippen molar-refractivity contribution in [2.75, 3.05) is 6.61 Å². The van der Waals surface area contributed by atoms with Crippen LogP contribution < -0.4 is 0 Å². The van der Waals surface area contributed by atoms with Gasteiger partial charge in [0.25, 0.3) is 0 Å². The van der Waals surface area contributed by atoms with Gasteiger partial charge in [-0.25, -0.2) is 0 Å². The van der Waals surface area contributed by atoms with Crippen molar-refractivity contribution in [3.63, 3.8) is 0 Å². The highest BCUT2D eigenvalue weighted by atomic mass is 16.5. The van der Waals surface area contributed by atoms with Crippen LogP contribution in [0.25, 0.3) is 0 Å². The minimum absolute atomic E-state index is 0.0288. The number of hydrogen-bond acceptors (Lipinski definition) is 2. The van der Waals surface area contributed by atoms with Gasteiger partial charge in [0.05, 0.1) is 12.0 Å². The van der Waals surface area contributed by atoms with Gasteiger partial charge in [-0.1, -0.05) is 6.42 Å². The largest absolute Gasteiger partial charge is 0.466 e. The summed E-state index contributed by atoms with van der Waals surface area (Å²) in [6.07, 6.45) is 7.59. The lowest BCUT2D eigenvalue weighted by molar-refractivity contribution is -0.161. The first kappa shape index (κ1) is 9.68. The van der Waals surface area contributed by atoms with Crippen molar-refractivity contribution in [1.29, 1.82) is 0 Å². The Bertz CT molecular complexity index is 286. The highest BCUT2D eigenvalue weighted by molar-refractivity contribution is 5.79. The minimum atomic E-state index is -0.0288. The molecule has 0 radical (unpaired) electrons. The molecule has 15 heavy (non-hydrogen) atoms. The molecule has 3 aliphatic carbocycles. The molecule has 0 aromatic carbocycles. The molecule has 0 heterocycles. The molecule has 2 bridgehead atoms. The Morgan fingerprint density at radius 2 is 2.27 bits per heavy atom. The molecule has 0 N–H and O–H groups in total. The Morgan fingerprint density at radius 3 is 3.07 bits per heavy atom. The first-order valence-corrected chi connectivity index (χ1v) is 6.46. The molecule has 3 fully saturated rings. The molecule has 3 aliphatic rings. The quantitative estimate of drug-likeness (QED) is 0.652. The third kappa shape index (κ3) is 1.08. The minimum Gasteiger partial charge on any atom is -0.466 e. The van der Waals surface area contributed by atoms with E-state index in [1.807, 2.05) is 6.92 Å². The molecule has 2 nitrogen and oxygen atoms in total. The Balaban J connectivity index is 1.91. The molecule has 3 rings (SSSR count). The standard InChI is InChI=1S/C13H20O2/c1-2-15-12(14)13-7-3-4-11(13)9-5-6-10(13)8-9/h9-11H,2-8H2,1H3/t9-,10+,11+,13+/m0/s1. The fourth-order valence-electron chi connectivity index (χ4n) is 4.76. The van der Waals surface area contributed by atoms with Crippen molar-refractivity contribution in [3.05, 3.63) is 0 Å². The van der Waals surface area contributed by atoms with E-state index in [-0.39, 0.29) is 11.4 Å². The second-order valence-corrected chi connectivity index (χ2v) is 5.53. The van der Waals surface area contributed by atoms with Gasteiger partial charge < -0.3 is 4.74 Å². The molecule has 0 aromatic rings. The van der Waals surface area contributed by atoms with E-state index in [9.17, 15) is 4.79 Å². The summed E-state index contributed by atoms with van der Waals surface area (Å²) in [5, 5.41) is 0. The van der Waals surface area contributed by atoms with Crippen LogP contribution in [0.4, 0.5) is 0 Å². The van der Waals surface area contributed by atoms with Crippen LogP contribution in [0.2, 0.25) is 0 Å². The van der Waals surface area contributed by atoms with Gasteiger partial charge in [-0.2, -0.15) is 0 Å². The van der Waals surface area contributed by atoms with E-state index in [2.05, 4.69) is 0 Å². The van der Waals surface area contributed by atoms with Crippen molar-refractivity contribution in [3.8, 4) is 0 Å². The van der Waals surface area contributed by atoms with E-state index in [0.717, 1.165) is 12.3 Å². The van der Waals surface area contributed by atoms with E-state index in [4.69, 9.17) is 4.74 Å². The number of fused-ring (bicyclic) bond motifs is 5. The van der Waals surface area contributed by atoms with Crippen molar-refractivity contribution in [2.45, 2.75) is 45.4 Å². The van der Waals surface area contributed by atoms with Crippen molar-refractivity contribution in [1.82, 2.24) is 0 Å². The Morgan fingerprint density at radius 1 is 1.40 bits per heavy atom. The van der Waals surface area contributed by atoms with Crippen LogP contribution in [0.5, 0.6) is 0 Å². The van der Waals surface area contributed by atoms with Crippen LogP contribution in [0.3, 0.4) is 0 Å². The smallest absolute Gasteiger partial charge is 0.312 e. The van der Waals surface area contributed by atoms with E-state index < -0.39 is 0 Å². The predicted octanol–water partition coefficient (Wildman–Crippen LogP) is 2.77. The number of carbonyl (C=O) groups is 1. The van der Waals surface area contributed by atoms with Gasteiger partial charge in [0.1, 0.15) is 0 Å². The number of hydrogen-bond donors (Lipinski definition) is 0. The zero-order valence-electron chi connectivity index (χ0n) is 9.50. The maximum atomic E-state index is 12.2. The average molecular weight is 208 g/mol. The fraction of sp³-hybridized carbons (Fsp3) is 0.923. The molecular formula is C13H20O2. The van der Waals surface area contributed by atoms with Crippen LogP contribution >= 0.6 is 0 Å². The lowest BCUT2D eigenvalue weighted by Crippen LogP contribution is -2.41. The lowest BCUT2D eigenvalue weighted by Gasteiger charge is -2.36. The maximum Gasteiger partial charge on any atom is 0.312 e. The molecule has 0 amide bonds. The molecule has 0 aliphatic heterocycles. The molecule has 0 unspecified atom stereocenters. The topological polar surface area (TPSA) is 26.3 Å². The first-order valence-electron chi connectivity index (χ1n) is 6.46. The summed E-state index contributed by atoms with van der Waals surface area (Å²) in [6.45, 7) is 2.47. The van der Waals surface area contributed by atoms with Crippen molar-refractivity contribution >= 4 is 5.97 Å². The number of ether oxygens (including phenoxy) is 1. The zero-order valence-corrected chi connectivity index (χ0v) is 9.50. The molecule has 3 saturated carbocycles. The van der Waals surface area contributed by atoms with E-state index in [0.29, 0.717) is 18.4 Å². The Labute approximate surface area is 91.4 Å². The molecule has 4 atom stereocenters. The van der Waals surface area contributed by atoms with Crippen LogP contribution in [0, 0.1) is 23.2 Å². The second kappa shape index (κ2) is 3.23. The fourth-order valence-corrected chi connectivity index (χ4v) is 4.76. The van der Waals surface area contributed by atoms with Gasteiger partial charge in [-0.05, 0) is 56.8 Å². The van der Waals surface area contributed by atoms with Gasteiger partial charge in [0.2, 0.25) is 0 Å². The third-order valence-corrected chi connectivity index (χ3v) is 5.19. The van der Waals surface area contributed by atoms with Gasteiger partial charge in [0, 0.05) is 0 Å². The number of rotatable bonds is 2. The summed E-state index contributed by atoms with van der Waals surface area (Å²) in [7, 11) is 0. The lowest BCUT2D eigenvalue weighted by atomic mass is 9.68. The third-order valence-electron chi connectivity index (χ3n) is 5.19. The molecule has 0 aromatic heterocycles.